The summed E-state index contributed by atoms with van der Waals surface area (Å²) in [6.07, 6.45) is 4.15. The molecule has 2 aliphatic rings. The third-order valence-corrected chi connectivity index (χ3v) is 6.53. The van der Waals surface area contributed by atoms with E-state index in [4.69, 9.17) is 16.6 Å². The van der Waals surface area contributed by atoms with Crippen LogP contribution < -0.4 is 5.32 Å². The molecule has 0 radical (unpaired) electrons. The molecule has 0 amide bonds. The van der Waals surface area contributed by atoms with Crippen molar-refractivity contribution in [2.24, 2.45) is 0 Å². The maximum absolute atomic E-state index is 13.7. The number of halogens is 2. The van der Waals surface area contributed by atoms with Crippen LogP contribution in [0.25, 0.3) is 11.3 Å². The molecule has 5 nitrogen and oxygen atoms in total. The summed E-state index contributed by atoms with van der Waals surface area (Å²) in [4.78, 5) is 14.2. The molecule has 1 saturated heterocycles. The van der Waals surface area contributed by atoms with Crippen LogP contribution in [0.4, 0.5) is 16.0 Å². The van der Waals surface area contributed by atoms with E-state index < -0.39 is 5.82 Å². The monoisotopic (exact) mass is 451 g/mol. The normalized spacial score (nSPS) is 17.5. The van der Waals surface area contributed by atoms with Crippen molar-refractivity contribution >= 4 is 23.2 Å². The summed E-state index contributed by atoms with van der Waals surface area (Å²) in [5.41, 5.74) is 4.96. The topological polar surface area (TPSA) is 44.3 Å². The molecule has 2 fully saturated rings. The second-order valence-corrected chi connectivity index (χ2v) is 9.21. The van der Waals surface area contributed by atoms with Gasteiger partial charge in [0.15, 0.2) is 0 Å². The van der Waals surface area contributed by atoms with Crippen LogP contribution in [-0.2, 0) is 6.54 Å². The second kappa shape index (κ2) is 9.14. The van der Waals surface area contributed by atoms with Gasteiger partial charge in [0.1, 0.15) is 5.82 Å². The number of nitrogens with one attached hydrogen (secondary N) is 1. The molecule has 5 rings (SSSR count). The quantitative estimate of drug-likeness (QED) is 0.550. The summed E-state index contributed by atoms with van der Waals surface area (Å²) in [5, 5.41) is 3.42. The van der Waals surface area contributed by atoms with Crippen LogP contribution >= 0.6 is 11.6 Å². The standard InChI is InChI=1S/C25H27ClFN5/c1-31-10-12-32(13-11-31)16-17-2-7-20(8-3-17)29-25-28-15-21(18-4-5-18)24(30-25)19-6-9-23(27)22(26)14-19/h2-3,6-9,14-15,18H,4-5,10-13,16H2,1H3,(H,28,29,30). The van der Waals surface area contributed by atoms with Crippen molar-refractivity contribution < 1.29 is 4.39 Å². The zero-order valence-electron chi connectivity index (χ0n) is 18.2. The van der Waals surface area contributed by atoms with Gasteiger partial charge >= 0.3 is 0 Å². The van der Waals surface area contributed by atoms with Crippen LogP contribution in [0.3, 0.4) is 0 Å². The average molecular weight is 452 g/mol. The molecule has 32 heavy (non-hydrogen) atoms. The Bertz CT molecular complexity index is 1090. The van der Waals surface area contributed by atoms with E-state index in [9.17, 15) is 4.39 Å². The van der Waals surface area contributed by atoms with Gasteiger partial charge in [0.2, 0.25) is 5.95 Å². The molecule has 0 spiro atoms. The van der Waals surface area contributed by atoms with E-state index in [0.717, 1.165) is 68.1 Å². The van der Waals surface area contributed by atoms with Gasteiger partial charge in [-0.25, -0.2) is 14.4 Å². The van der Waals surface area contributed by atoms with Crippen molar-refractivity contribution in [1.29, 1.82) is 0 Å². The maximum Gasteiger partial charge on any atom is 0.227 e. The first-order valence-electron chi connectivity index (χ1n) is 11.1. The van der Waals surface area contributed by atoms with Gasteiger partial charge in [-0.3, -0.25) is 4.90 Å². The Hall–Kier alpha value is -2.54. The predicted octanol–water partition coefficient (Wildman–Crippen LogP) is 5.30. The number of likely N-dealkylation sites (N-methyl/N-ethyl adjacent to an activating group) is 1. The van der Waals surface area contributed by atoms with Crippen LogP contribution in [0, 0.1) is 5.82 Å². The summed E-state index contributed by atoms with van der Waals surface area (Å²) in [5.74, 6) is 0.570. The Morgan fingerprint density at radius 3 is 2.50 bits per heavy atom. The highest BCUT2D eigenvalue weighted by atomic mass is 35.5. The molecule has 1 aromatic heterocycles. The fourth-order valence-electron chi connectivity index (χ4n) is 4.11. The lowest BCUT2D eigenvalue weighted by Gasteiger charge is -2.32. The molecule has 1 aliphatic heterocycles. The molecule has 1 saturated carbocycles. The molecule has 1 aliphatic carbocycles. The van der Waals surface area contributed by atoms with Gasteiger partial charge in [0.25, 0.3) is 0 Å². The molecule has 7 heteroatoms. The Kier molecular flexibility index (Phi) is 6.09. The lowest BCUT2D eigenvalue weighted by atomic mass is 10.0. The minimum absolute atomic E-state index is 0.105. The van der Waals surface area contributed by atoms with Crippen molar-refractivity contribution in [2.75, 3.05) is 38.5 Å². The number of nitrogens with zero attached hydrogens (tertiary/aromatic N) is 4. The third kappa shape index (κ3) is 4.93. The Labute approximate surface area is 193 Å². The maximum atomic E-state index is 13.7. The fraction of sp³-hybridized carbons (Fsp3) is 0.360. The Balaban J connectivity index is 1.32. The first kappa shape index (κ1) is 21.3. The van der Waals surface area contributed by atoms with Crippen LogP contribution in [0.2, 0.25) is 5.02 Å². The smallest absolute Gasteiger partial charge is 0.227 e. The molecule has 1 N–H and O–H groups in total. The second-order valence-electron chi connectivity index (χ2n) is 8.80. The molecule has 2 aromatic carbocycles. The number of aromatic nitrogens is 2. The molecule has 0 atom stereocenters. The van der Waals surface area contributed by atoms with E-state index in [1.54, 1.807) is 12.1 Å². The van der Waals surface area contributed by atoms with Gasteiger partial charge in [-0.15, -0.1) is 0 Å². The summed E-state index contributed by atoms with van der Waals surface area (Å²) in [6, 6.07) is 13.2. The first-order chi connectivity index (χ1) is 15.5. The van der Waals surface area contributed by atoms with Crippen molar-refractivity contribution in [3.8, 4) is 11.3 Å². The van der Waals surface area contributed by atoms with E-state index in [2.05, 4.69) is 51.4 Å². The average Bonchev–Trinajstić information content (AvgIpc) is 3.64. The zero-order valence-corrected chi connectivity index (χ0v) is 18.9. The highest BCUT2D eigenvalue weighted by Gasteiger charge is 2.28. The number of benzene rings is 2. The molecule has 0 bridgehead atoms. The molecule has 0 unspecified atom stereocenters. The number of rotatable bonds is 6. The van der Waals surface area contributed by atoms with Crippen molar-refractivity contribution in [3.05, 3.63) is 70.6 Å². The van der Waals surface area contributed by atoms with Crippen molar-refractivity contribution in [1.82, 2.24) is 19.8 Å². The van der Waals surface area contributed by atoms with E-state index in [0.29, 0.717) is 11.9 Å². The van der Waals surface area contributed by atoms with Crippen molar-refractivity contribution in [3.63, 3.8) is 0 Å². The number of hydrogen-bond acceptors (Lipinski definition) is 5. The molecule has 2 heterocycles. The van der Waals surface area contributed by atoms with E-state index >= 15 is 0 Å². The third-order valence-electron chi connectivity index (χ3n) is 6.24. The van der Waals surface area contributed by atoms with Gasteiger partial charge < -0.3 is 10.2 Å². The molecule has 3 aromatic rings. The van der Waals surface area contributed by atoms with Crippen molar-refractivity contribution in [2.45, 2.75) is 25.3 Å². The number of anilines is 2. The van der Waals surface area contributed by atoms with Gasteiger partial charge in [-0.1, -0.05) is 23.7 Å². The van der Waals surface area contributed by atoms with E-state index in [-0.39, 0.29) is 5.02 Å². The molecular weight excluding hydrogens is 425 g/mol. The summed E-state index contributed by atoms with van der Waals surface area (Å²) < 4.78 is 13.7. The molecular formula is C25H27ClFN5. The van der Waals surface area contributed by atoms with Gasteiger partial charge in [-0.2, -0.15) is 0 Å². The van der Waals surface area contributed by atoms with Crippen LogP contribution in [0.1, 0.15) is 29.9 Å². The highest BCUT2D eigenvalue weighted by molar-refractivity contribution is 6.31. The lowest BCUT2D eigenvalue weighted by Crippen LogP contribution is -2.43. The number of hydrogen-bond donors (Lipinski definition) is 1. The van der Waals surface area contributed by atoms with Gasteiger partial charge in [-0.05, 0) is 61.7 Å². The predicted molar refractivity (Wildman–Crippen MR) is 127 cm³/mol. The Morgan fingerprint density at radius 2 is 1.81 bits per heavy atom. The minimum Gasteiger partial charge on any atom is -0.324 e. The summed E-state index contributed by atoms with van der Waals surface area (Å²) in [6.45, 7) is 5.42. The SMILES string of the molecule is CN1CCN(Cc2ccc(Nc3ncc(C4CC4)c(-c4ccc(F)c(Cl)c4)n3)cc2)CC1. The van der Waals surface area contributed by atoms with E-state index in [1.165, 1.54) is 11.6 Å². The highest BCUT2D eigenvalue weighted by Crippen LogP contribution is 2.44. The summed E-state index contributed by atoms with van der Waals surface area (Å²) >= 11 is 6.03. The number of piperazine rings is 1. The van der Waals surface area contributed by atoms with E-state index in [1.807, 2.05) is 6.20 Å². The molecule has 166 valence electrons. The van der Waals surface area contributed by atoms with Crippen LogP contribution in [-0.4, -0.2) is 53.0 Å². The largest absolute Gasteiger partial charge is 0.324 e. The van der Waals surface area contributed by atoms with Crippen LogP contribution in [0.15, 0.2) is 48.7 Å². The first-order valence-corrected chi connectivity index (χ1v) is 11.5. The van der Waals surface area contributed by atoms with Gasteiger partial charge in [0, 0.05) is 55.7 Å². The zero-order chi connectivity index (χ0) is 22.1. The lowest BCUT2D eigenvalue weighted by molar-refractivity contribution is 0.148. The fourth-order valence-corrected chi connectivity index (χ4v) is 4.29. The Morgan fingerprint density at radius 1 is 1.06 bits per heavy atom. The minimum atomic E-state index is -0.424. The van der Waals surface area contributed by atoms with Gasteiger partial charge in [0.05, 0.1) is 10.7 Å². The summed E-state index contributed by atoms with van der Waals surface area (Å²) in [7, 11) is 2.17. The van der Waals surface area contributed by atoms with Crippen LogP contribution in [0.5, 0.6) is 0 Å².